The minimum Gasteiger partial charge on any atom is -0.381 e. The normalized spacial score (nSPS) is 21.8. The van der Waals surface area contributed by atoms with Crippen LogP contribution in [0, 0.1) is 5.82 Å². The molecule has 3 aliphatic rings. The lowest BCUT2D eigenvalue weighted by Crippen LogP contribution is -2.51. The van der Waals surface area contributed by atoms with Gasteiger partial charge in [-0.15, -0.1) is 0 Å². The van der Waals surface area contributed by atoms with Gasteiger partial charge in [0.05, 0.1) is 36.0 Å². The molecule has 0 spiro atoms. The molecule has 5 rings (SSSR count). The number of halogens is 2. The number of carbonyl (C=O) groups excluding carboxylic acids is 1. The first-order chi connectivity index (χ1) is 17.1. The van der Waals surface area contributed by atoms with Crippen molar-refractivity contribution in [2.45, 2.75) is 44.0 Å². The Morgan fingerprint density at radius 1 is 1.29 bits per heavy atom. The zero-order valence-corrected chi connectivity index (χ0v) is 20.2. The smallest absolute Gasteiger partial charge is 0.318 e. The van der Waals surface area contributed by atoms with Gasteiger partial charge in [-0.3, -0.25) is 0 Å². The molecule has 0 aliphatic carbocycles. The summed E-state index contributed by atoms with van der Waals surface area (Å²) >= 11 is 5.88. The number of carbonyl (C=O) groups is 1. The van der Waals surface area contributed by atoms with E-state index in [0.29, 0.717) is 44.2 Å². The fraction of sp³-hybridized carbons (Fsp3) is 0.542. The van der Waals surface area contributed by atoms with Crippen molar-refractivity contribution in [3.05, 3.63) is 52.1 Å². The van der Waals surface area contributed by atoms with Crippen LogP contribution < -0.4 is 16.0 Å². The average molecular weight is 505 g/mol. The van der Waals surface area contributed by atoms with Crippen molar-refractivity contribution in [3.8, 4) is 0 Å². The van der Waals surface area contributed by atoms with Gasteiger partial charge in [0.2, 0.25) is 5.95 Å². The van der Waals surface area contributed by atoms with E-state index >= 15 is 0 Å². The number of hydrogen-bond acceptors (Lipinski definition) is 7. The minimum absolute atomic E-state index is 0.0407. The summed E-state index contributed by atoms with van der Waals surface area (Å²) in [6, 6.07) is 4.10. The molecule has 3 aliphatic heterocycles. The van der Waals surface area contributed by atoms with E-state index in [4.69, 9.17) is 26.1 Å². The van der Waals surface area contributed by atoms with E-state index in [9.17, 15) is 9.18 Å². The molecule has 2 saturated heterocycles. The number of fused-ring (bicyclic) bond motifs is 1. The maximum absolute atomic E-state index is 14.2. The number of anilines is 1. The minimum atomic E-state index is -0.528. The van der Waals surface area contributed by atoms with Gasteiger partial charge in [0.25, 0.3) is 0 Å². The van der Waals surface area contributed by atoms with Gasteiger partial charge in [0.15, 0.2) is 0 Å². The SMILES string of the molecule is O=C(N[C@H](c1ccc(Cl)c(F)c1)[C@H]1CNCCO1)N1CCc2cnc(NC3CCOCC3)nc2C1. The topological polar surface area (TPSA) is 101 Å². The summed E-state index contributed by atoms with van der Waals surface area (Å²) in [6.07, 6.45) is 4.02. The lowest BCUT2D eigenvalue weighted by Gasteiger charge is -2.35. The van der Waals surface area contributed by atoms with Crippen LogP contribution in [0.3, 0.4) is 0 Å². The third kappa shape index (κ3) is 5.83. The van der Waals surface area contributed by atoms with Crippen molar-refractivity contribution < 1.29 is 18.7 Å². The van der Waals surface area contributed by atoms with E-state index in [1.54, 1.807) is 11.0 Å². The predicted molar refractivity (Wildman–Crippen MR) is 129 cm³/mol. The van der Waals surface area contributed by atoms with Crippen LogP contribution in [0.4, 0.5) is 15.1 Å². The van der Waals surface area contributed by atoms with E-state index < -0.39 is 11.9 Å². The van der Waals surface area contributed by atoms with E-state index in [0.717, 1.165) is 43.9 Å². The number of hydrogen-bond donors (Lipinski definition) is 3. The molecule has 4 heterocycles. The highest BCUT2D eigenvalue weighted by Gasteiger charge is 2.31. The monoisotopic (exact) mass is 504 g/mol. The van der Waals surface area contributed by atoms with Crippen molar-refractivity contribution >= 4 is 23.6 Å². The molecule has 9 nitrogen and oxygen atoms in total. The van der Waals surface area contributed by atoms with Gasteiger partial charge < -0.3 is 30.3 Å². The van der Waals surface area contributed by atoms with Crippen LogP contribution in [0.2, 0.25) is 5.02 Å². The molecule has 3 N–H and O–H groups in total. The molecule has 0 unspecified atom stereocenters. The lowest BCUT2D eigenvalue weighted by molar-refractivity contribution is 0.00488. The summed E-state index contributed by atoms with van der Waals surface area (Å²) in [5.74, 6) is 0.0504. The van der Waals surface area contributed by atoms with Crippen LogP contribution in [0.1, 0.15) is 35.7 Å². The fourth-order valence-electron chi connectivity index (χ4n) is 4.69. The number of nitrogens with one attached hydrogen (secondary N) is 3. The summed E-state index contributed by atoms with van der Waals surface area (Å²) in [7, 11) is 0. The van der Waals surface area contributed by atoms with Gasteiger partial charge in [-0.1, -0.05) is 17.7 Å². The van der Waals surface area contributed by atoms with Gasteiger partial charge in [-0.05, 0) is 42.5 Å². The number of benzene rings is 1. The second-order valence-corrected chi connectivity index (χ2v) is 9.49. The number of urea groups is 1. The van der Waals surface area contributed by atoms with E-state index in [-0.39, 0.29) is 23.2 Å². The standard InChI is InChI=1S/C24H30ClFN6O3/c25-18-2-1-15(11-19(18)26)22(21-13-27-6-10-35-21)31-24(33)32-7-3-16-12-28-23(30-20(16)14-32)29-17-4-8-34-9-5-17/h1-2,11-12,17,21-22,27H,3-10,13-14H2,(H,31,33)(H,28,29,30)/t21-,22-/m1/s1. The fourth-order valence-corrected chi connectivity index (χ4v) is 4.81. The molecule has 0 bridgehead atoms. The van der Waals surface area contributed by atoms with Crippen LogP contribution in [-0.4, -0.2) is 72.5 Å². The summed E-state index contributed by atoms with van der Waals surface area (Å²) in [5.41, 5.74) is 2.49. The second kappa shape index (κ2) is 11.0. The molecule has 0 radical (unpaired) electrons. The highest BCUT2D eigenvalue weighted by molar-refractivity contribution is 6.30. The van der Waals surface area contributed by atoms with Gasteiger partial charge in [-0.25, -0.2) is 19.2 Å². The Balaban J connectivity index is 1.29. The molecule has 2 amide bonds. The van der Waals surface area contributed by atoms with Gasteiger partial charge in [0.1, 0.15) is 5.82 Å². The van der Waals surface area contributed by atoms with Gasteiger partial charge in [0, 0.05) is 45.1 Å². The van der Waals surface area contributed by atoms with Crippen molar-refractivity contribution in [3.63, 3.8) is 0 Å². The summed E-state index contributed by atoms with van der Waals surface area (Å²) in [6.45, 7) is 4.18. The molecule has 1 aromatic carbocycles. The Kier molecular flexibility index (Phi) is 7.62. The van der Waals surface area contributed by atoms with E-state index in [1.165, 1.54) is 12.1 Å². The molecule has 35 heavy (non-hydrogen) atoms. The van der Waals surface area contributed by atoms with Gasteiger partial charge in [-0.2, -0.15) is 0 Å². The van der Waals surface area contributed by atoms with E-state index in [2.05, 4.69) is 20.9 Å². The lowest BCUT2D eigenvalue weighted by atomic mass is 10.00. The maximum atomic E-state index is 14.2. The van der Waals surface area contributed by atoms with Crippen LogP contribution in [-0.2, 0) is 22.4 Å². The van der Waals surface area contributed by atoms with Crippen molar-refractivity contribution in [2.75, 3.05) is 44.8 Å². The first-order valence-corrected chi connectivity index (χ1v) is 12.5. The number of nitrogens with zero attached hydrogens (tertiary/aromatic N) is 3. The highest BCUT2D eigenvalue weighted by Crippen LogP contribution is 2.26. The van der Waals surface area contributed by atoms with Crippen molar-refractivity contribution in [1.29, 1.82) is 0 Å². The molecule has 1 aromatic heterocycles. The molecule has 2 aromatic rings. The van der Waals surface area contributed by atoms with Crippen LogP contribution in [0.5, 0.6) is 0 Å². The van der Waals surface area contributed by atoms with Crippen LogP contribution in [0.25, 0.3) is 0 Å². The zero-order chi connectivity index (χ0) is 24.2. The molecule has 0 saturated carbocycles. The highest BCUT2D eigenvalue weighted by atomic mass is 35.5. The second-order valence-electron chi connectivity index (χ2n) is 9.08. The molecule has 188 valence electrons. The quantitative estimate of drug-likeness (QED) is 0.575. The Morgan fingerprint density at radius 2 is 2.14 bits per heavy atom. The third-order valence-electron chi connectivity index (χ3n) is 6.70. The Morgan fingerprint density at radius 3 is 2.91 bits per heavy atom. The van der Waals surface area contributed by atoms with E-state index in [1.807, 2.05) is 6.20 Å². The predicted octanol–water partition coefficient (Wildman–Crippen LogP) is 2.66. The first kappa shape index (κ1) is 24.2. The Labute approximate surface area is 208 Å². The molecule has 2 atom stereocenters. The number of amides is 2. The summed E-state index contributed by atoms with van der Waals surface area (Å²) < 4.78 is 25.6. The number of morpholine rings is 1. The first-order valence-electron chi connectivity index (χ1n) is 12.1. The molecular weight excluding hydrogens is 475 g/mol. The van der Waals surface area contributed by atoms with Crippen molar-refractivity contribution in [2.24, 2.45) is 0 Å². The van der Waals surface area contributed by atoms with Crippen molar-refractivity contribution in [1.82, 2.24) is 25.5 Å². The average Bonchev–Trinajstić information content (AvgIpc) is 2.89. The summed E-state index contributed by atoms with van der Waals surface area (Å²) in [4.78, 5) is 24.2. The molecule has 2 fully saturated rings. The zero-order valence-electron chi connectivity index (χ0n) is 19.4. The third-order valence-corrected chi connectivity index (χ3v) is 7.00. The number of rotatable bonds is 5. The number of aromatic nitrogens is 2. The Hall–Kier alpha value is -2.53. The molecular formula is C24H30ClFN6O3. The van der Waals surface area contributed by atoms with Crippen LogP contribution >= 0.6 is 11.6 Å². The maximum Gasteiger partial charge on any atom is 0.318 e. The number of ether oxygens (including phenoxy) is 2. The van der Waals surface area contributed by atoms with Crippen LogP contribution in [0.15, 0.2) is 24.4 Å². The van der Waals surface area contributed by atoms with Gasteiger partial charge >= 0.3 is 6.03 Å². The Bertz CT molecular complexity index is 1050. The largest absolute Gasteiger partial charge is 0.381 e. The molecule has 11 heteroatoms. The summed E-state index contributed by atoms with van der Waals surface area (Å²) in [5, 5.41) is 9.78.